The molecule has 0 aromatic heterocycles. The molecule has 3 saturated heterocycles. The van der Waals surface area contributed by atoms with Gasteiger partial charge in [-0.15, -0.1) is 5.10 Å². The Morgan fingerprint density at radius 2 is 0.914 bits per heavy atom. The van der Waals surface area contributed by atoms with Crippen molar-refractivity contribution in [2.24, 2.45) is 16.9 Å². The van der Waals surface area contributed by atoms with Gasteiger partial charge in [0.15, 0.2) is 10.2 Å². The number of benzene rings is 4. The Hall–Kier alpha value is -5.81. The predicted molar refractivity (Wildman–Crippen MR) is 229 cm³/mol. The second kappa shape index (κ2) is 15.2. The zero-order chi connectivity index (χ0) is 40.1. The molecule has 4 aliphatic heterocycles. The number of para-hydroxylation sites is 4. The first kappa shape index (κ1) is 37.7. The summed E-state index contributed by atoms with van der Waals surface area (Å²) in [6.45, 7) is -0.351. The van der Waals surface area contributed by atoms with Crippen molar-refractivity contribution in [2.45, 2.75) is 31.3 Å². The molecule has 16 heteroatoms. The molecule has 292 valence electrons. The fourth-order valence-corrected chi connectivity index (χ4v) is 10.1. The first-order valence-corrected chi connectivity index (χ1v) is 20.7. The van der Waals surface area contributed by atoms with Crippen LogP contribution >= 0.6 is 36.2 Å². The van der Waals surface area contributed by atoms with Crippen LogP contribution in [0.3, 0.4) is 0 Å². The standard InChI is InChI=1S/C42H36N8O5S3/c51-34-27-58-39-43-44(25-32-35(52)46(28-15-5-1-6-16-28)40(56)47(36(32)53)29-17-7-2-8-18-29)42(23-13-14-24-42)45(50(34)39)26-33-37(54)48(30-19-9-3-10-20-30)41(57)49(38(33)55)31-21-11-4-12-22-31/h1-12,15-22,32-33H,13-14,23-27H2. The number of fused-ring (bicyclic) bond motifs is 1. The van der Waals surface area contributed by atoms with E-state index in [-0.39, 0.29) is 35.0 Å². The Balaban J connectivity index is 1.12. The van der Waals surface area contributed by atoms with E-state index >= 15 is 0 Å². The summed E-state index contributed by atoms with van der Waals surface area (Å²) in [7, 11) is 0. The minimum absolute atomic E-state index is 0.0211. The third-order valence-electron chi connectivity index (χ3n) is 11.2. The lowest BCUT2D eigenvalue weighted by Crippen LogP contribution is -2.72. The SMILES string of the molecule is O=C1C(CN2N=C3SCC(=O)N3N(CC3C(=O)N(c4ccccc4)C(=S)N(c4ccccc4)C3=O)C23CCCC3)C(=O)N(c2ccccc2)C(=S)N1c1ccccc1. The number of carbonyl (C=O) groups excluding carboxylic acids is 5. The Bertz CT molecular complexity index is 2240. The second-order valence-electron chi connectivity index (χ2n) is 14.4. The number of nitrogens with zero attached hydrogens (tertiary/aromatic N) is 8. The summed E-state index contributed by atoms with van der Waals surface area (Å²) in [5, 5.41) is 10.5. The number of rotatable bonds is 8. The molecular weight excluding hydrogens is 793 g/mol. The summed E-state index contributed by atoms with van der Waals surface area (Å²) >= 11 is 13.0. The van der Waals surface area contributed by atoms with Crippen LogP contribution < -0.4 is 19.6 Å². The van der Waals surface area contributed by atoms with Gasteiger partial charge in [-0.1, -0.05) is 84.6 Å². The van der Waals surface area contributed by atoms with Gasteiger partial charge in [0.1, 0.15) is 17.5 Å². The number of thiocarbonyl (C=S) groups is 2. The third kappa shape index (κ3) is 6.18. The Labute approximate surface area is 349 Å². The van der Waals surface area contributed by atoms with Gasteiger partial charge < -0.3 is 0 Å². The van der Waals surface area contributed by atoms with Crippen molar-refractivity contribution in [1.82, 2.24) is 15.0 Å². The highest BCUT2D eigenvalue weighted by Gasteiger charge is 2.58. The highest BCUT2D eigenvalue weighted by atomic mass is 32.2. The third-order valence-corrected chi connectivity index (χ3v) is 12.8. The van der Waals surface area contributed by atoms with Gasteiger partial charge in [-0.3, -0.25) is 48.6 Å². The Morgan fingerprint density at radius 1 is 0.552 bits per heavy atom. The smallest absolute Gasteiger partial charge is 0.253 e. The van der Waals surface area contributed by atoms with Crippen molar-refractivity contribution in [3.8, 4) is 0 Å². The molecule has 1 spiro atoms. The number of amidine groups is 1. The lowest BCUT2D eigenvalue weighted by Gasteiger charge is -2.55. The fourth-order valence-electron chi connectivity index (χ4n) is 8.43. The average Bonchev–Trinajstić information content (AvgIpc) is 3.88. The molecule has 4 aromatic carbocycles. The summed E-state index contributed by atoms with van der Waals surface area (Å²) in [4.78, 5) is 78.2. The molecule has 58 heavy (non-hydrogen) atoms. The van der Waals surface area contributed by atoms with Crippen molar-refractivity contribution < 1.29 is 24.0 Å². The predicted octanol–water partition coefficient (Wildman–Crippen LogP) is 5.60. The average molecular weight is 829 g/mol. The van der Waals surface area contributed by atoms with E-state index < -0.39 is 41.1 Å². The number of hydrogen-bond acceptors (Lipinski definition) is 11. The summed E-state index contributed by atoms with van der Waals surface area (Å²) in [5.41, 5.74) is 0.949. The molecule has 4 aromatic rings. The lowest BCUT2D eigenvalue weighted by atomic mass is 9.96. The minimum atomic E-state index is -1.30. The summed E-state index contributed by atoms with van der Waals surface area (Å²) in [5.74, 6) is -4.80. The molecule has 5 aliphatic rings. The highest BCUT2D eigenvalue weighted by Crippen LogP contribution is 2.46. The van der Waals surface area contributed by atoms with Gasteiger partial charge in [0.2, 0.25) is 28.8 Å². The van der Waals surface area contributed by atoms with E-state index in [9.17, 15) is 24.0 Å². The van der Waals surface area contributed by atoms with Crippen LogP contribution in [0.15, 0.2) is 126 Å². The number of carbonyl (C=O) groups is 5. The molecule has 1 saturated carbocycles. The van der Waals surface area contributed by atoms with E-state index in [0.29, 0.717) is 40.8 Å². The zero-order valence-electron chi connectivity index (χ0n) is 31.0. The molecule has 0 radical (unpaired) electrons. The molecule has 0 atom stereocenters. The van der Waals surface area contributed by atoms with Crippen LogP contribution in [0.1, 0.15) is 25.7 Å². The van der Waals surface area contributed by atoms with Crippen LogP contribution in [-0.4, -0.2) is 84.5 Å². The second-order valence-corrected chi connectivity index (χ2v) is 16.1. The molecule has 13 nitrogen and oxygen atoms in total. The maximum absolute atomic E-state index is 14.7. The quantitative estimate of drug-likeness (QED) is 0.164. The fraction of sp³-hybridized carbons (Fsp3) is 0.238. The first-order valence-electron chi connectivity index (χ1n) is 18.9. The van der Waals surface area contributed by atoms with Gasteiger partial charge in [-0.25, -0.2) is 5.01 Å². The Kier molecular flexibility index (Phi) is 9.87. The van der Waals surface area contributed by atoms with Gasteiger partial charge in [0, 0.05) is 6.54 Å². The molecule has 1 aliphatic carbocycles. The van der Waals surface area contributed by atoms with Crippen LogP contribution in [0.5, 0.6) is 0 Å². The Morgan fingerprint density at radius 3 is 1.29 bits per heavy atom. The van der Waals surface area contributed by atoms with Crippen LogP contribution in [0.4, 0.5) is 22.7 Å². The molecule has 4 heterocycles. The molecule has 0 unspecified atom stereocenters. The van der Waals surface area contributed by atoms with Crippen molar-refractivity contribution in [2.75, 3.05) is 38.4 Å². The number of amides is 5. The van der Waals surface area contributed by atoms with Gasteiger partial charge in [-0.2, -0.15) is 5.01 Å². The number of hydrogen-bond donors (Lipinski definition) is 0. The summed E-state index contributed by atoms with van der Waals surface area (Å²) in [6.07, 6.45) is 2.43. The monoisotopic (exact) mass is 828 g/mol. The van der Waals surface area contributed by atoms with E-state index in [0.717, 1.165) is 12.8 Å². The van der Waals surface area contributed by atoms with Gasteiger partial charge in [0.25, 0.3) is 5.91 Å². The van der Waals surface area contributed by atoms with E-state index in [2.05, 4.69) is 0 Å². The minimum Gasteiger partial charge on any atom is -0.273 e. The maximum atomic E-state index is 14.7. The van der Waals surface area contributed by atoms with Crippen LogP contribution in [0, 0.1) is 11.8 Å². The van der Waals surface area contributed by atoms with Crippen molar-refractivity contribution >= 4 is 104 Å². The van der Waals surface area contributed by atoms with Crippen molar-refractivity contribution in [3.05, 3.63) is 121 Å². The summed E-state index contributed by atoms with van der Waals surface area (Å²) in [6, 6.07) is 35.8. The normalized spacial score (nSPS) is 20.6. The largest absolute Gasteiger partial charge is 0.273 e. The molecular formula is C42H36N8O5S3. The molecule has 0 bridgehead atoms. The number of hydrazine groups is 1. The topological polar surface area (TPSA) is 120 Å². The van der Waals surface area contributed by atoms with Gasteiger partial charge in [-0.05, 0) is 98.6 Å². The van der Waals surface area contributed by atoms with E-state index in [1.165, 1.54) is 36.4 Å². The zero-order valence-corrected chi connectivity index (χ0v) is 33.4. The maximum Gasteiger partial charge on any atom is 0.253 e. The van der Waals surface area contributed by atoms with Crippen LogP contribution in [0.25, 0.3) is 0 Å². The van der Waals surface area contributed by atoms with Crippen molar-refractivity contribution in [1.29, 1.82) is 0 Å². The van der Waals surface area contributed by atoms with Gasteiger partial charge >= 0.3 is 0 Å². The van der Waals surface area contributed by atoms with Crippen LogP contribution in [0.2, 0.25) is 0 Å². The molecule has 9 rings (SSSR count). The van der Waals surface area contributed by atoms with Crippen LogP contribution in [-0.2, 0) is 24.0 Å². The number of anilines is 4. The lowest BCUT2D eigenvalue weighted by molar-refractivity contribution is -0.184. The van der Waals surface area contributed by atoms with Gasteiger partial charge in [0.05, 0.1) is 35.0 Å². The van der Waals surface area contributed by atoms with Crippen molar-refractivity contribution in [3.63, 3.8) is 0 Å². The highest BCUT2D eigenvalue weighted by molar-refractivity contribution is 8.15. The number of hydrazone groups is 1. The molecule has 4 fully saturated rings. The van der Waals surface area contributed by atoms with E-state index in [1.54, 1.807) is 107 Å². The van der Waals surface area contributed by atoms with E-state index in [4.69, 9.17) is 29.5 Å². The first-order chi connectivity index (χ1) is 28.2. The molecule has 5 amide bonds. The molecule has 0 N–H and O–H groups in total. The van der Waals surface area contributed by atoms with E-state index in [1.807, 2.05) is 24.3 Å². The number of thioether (sulfide) groups is 1. The summed E-state index contributed by atoms with van der Waals surface area (Å²) < 4.78 is 0.